The van der Waals surface area contributed by atoms with Crippen LogP contribution in [0.4, 0.5) is 20.4 Å². The molecule has 1 saturated heterocycles. The molecule has 1 fully saturated rings. The summed E-state index contributed by atoms with van der Waals surface area (Å²) in [6.45, 7) is 0.828. The van der Waals surface area contributed by atoms with E-state index in [-0.39, 0.29) is 41.4 Å². The number of nitrogens with zero attached hydrogens (tertiary/aromatic N) is 4. The molecule has 0 saturated carbocycles. The lowest BCUT2D eigenvalue weighted by Gasteiger charge is -2.26. The number of aromatic nitrogens is 4. The Morgan fingerprint density at radius 2 is 2.10 bits per heavy atom. The highest BCUT2D eigenvalue weighted by atomic mass is 19.1. The number of hydrogen-bond donors (Lipinski definition) is 3. The van der Waals surface area contributed by atoms with E-state index in [2.05, 4.69) is 20.4 Å². The normalized spacial score (nSPS) is 17.4. The Balaban J connectivity index is 1.62. The lowest BCUT2D eigenvalue weighted by Crippen LogP contribution is -2.32. The van der Waals surface area contributed by atoms with Crippen LogP contribution < -0.4 is 16.8 Å². The highest BCUT2D eigenvalue weighted by Gasteiger charge is 2.32. The van der Waals surface area contributed by atoms with Crippen LogP contribution in [-0.4, -0.2) is 32.2 Å². The Morgan fingerprint density at radius 1 is 1.23 bits per heavy atom. The summed E-state index contributed by atoms with van der Waals surface area (Å²) in [6.07, 6.45) is 3.55. The van der Waals surface area contributed by atoms with Crippen LogP contribution in [0, 0.1) is 11.6 Å². The molecule has 0 aliphatic carbocycles. The third kappa shape index (κ3) is 3.48. The van der Waals surface area contributed by atoms with Crippen LogP contribution in [0.2, 0.25) is 0 Å². The first kappa shape index (κ1) is 19.4. The van der Waals surface area contributed by atoms with Gasteiger partial charge in [-0.15, -0.1) is 5.10 Å². The zero-order valence-electron chi connectivity index (χ0n) is 16.6. The lowest BCUT2D eigenvalue weighted by molar-refractivity contribution is 0.474. The summed E-state index contributed by atoms with van der Waals surface area (Å²) in [7, 11) is 0. The molecule has 5 rings (SSSR count). The van der Waals surface area contributed by atoms with Crippen molar-refractivity contribution >= 4 is 17.4 Å². The molecule has 0 radical (unpaired) electrons. The van der Waals surface area contributed by atoms with Gasteiger partial charge in [0.2, 0.25) is 5.82 Å². The molecule has 2 unspecified atom stereocenters. The summed E-state index contributed by atoms with van der Waals surface area (Å²) < 4.78 is 35.0. The Kier molecular flexibility index (Phi) is 4.78. The molecule has 4 heterocycles. The Hall–Kier alpha value is -3.53. The standard InChI is InChI=1S/C21H21F2N7O/c22-12-5-6-14(23)11(9-12)10-13(15-3-1-7-26-15)17-18(24)27-21-28-20(16-4-2-8-31-16)29-30(21)19(17)25/h2,4-6,8-9,13,15,26H,1,3,7,10,25H2,(H2,24,27,28,29). The molecule has 8 nitrogen and oxygen atoms in total. The first-order valence-corrected chi connectivity index (χ1v) is 10.0. The van der Waals surface area contributed by atoms with Gasteiger partial charge in [0.05, 0.1) is 6.26 Å². The highest BCUT2D eigenvalue weighted by Crippen LogP contribution is 2.36. The van der Waals surface area contributed by atoms with Gasteiger partial charge in [-0.2, -0.15) is 14.5 Å². The maximum atomic E-state index is 14.4. The van der Waals surface area contributed by atoms with Crippen molar-refractivity contribution in [2.24, 2.45) is 0 Å². The Labute approximate surface area is 176 Å². The van der Waals surface area contributed by atoms with Gasteiger partial charge in [0, 0.05) is 17.5 Å². The number of halogens is 2. The second kappa shape index (κ2) is 7.62. The number of fused-ring (bicyclic) bond motifs is 1. The van der Waals surface area contributed by atoms with Crippen LogP contribution >= 0.6 is 0 Å². The van der Waals surface area contributed by atoms with Gasteiger partial charge < -0.3 is 21.2 Å². The molecule has 2 atom stereocenters. The van der Waals surface area contributed by atoms with Crippen LogP contribution in [0.5, 0.6) is 0 Å². The summed E-state index contributed by atoms with van der Waals surface area (Å²) in [4.78, 5) is 8.74. The second-order valence-corrected chi connectivity index (χ2v) is 7.67. The molecule has 1 aliphatic rings. The van der Waals surface area contributed by atoms with Crippen LogP contribution in [0.3, 0.4) is 0 Å². The van der Waals surface area contributed by atoms with E-state index in [1.165, 1.54) is 16.8 Å². The first-order valence-electron chi connectivity index (χ1n) is 10.0. The predicted octanol–water partition coefficient (Wildman–Crippen LogP) is 2.91. The molecular weight excluding hydrogens is 404 g/mol. The SMILES string of the molecule is Nc1nc2nc(-c3ccco3)nn2c(N)c1C(Cc1cc(F)ccc1F)C1CCCN1. The minimum atomic E-state index is -0.497. The maximum Gasteiger partial charge on any atom is 0.256 e. The number of nitrogens with one attached hydrogen (secondary N) is 1. The molecule has 0 spiro atoms. The molecule has 3 aromatic heterocycles. The van der Waals surface area contributed by atoms with Gasteiger partial charge in [-0.05, 0) is 61.7 Å². The van der Waals surface area contributed by atoms with Gasteiger partial charge >= 0.3 is 0 Å². The van der Waals surface area contributed by atoms with Gasteiger partial charge in [-0.1, -0.05) is 0 Å². The molecular formula is C21H21F2N7O. The van der Waals surface area contributed by atoms with Gasteiger partial charge in [-0.3, -0.25) is 0 Å². The largest absolute Gasteiger partial charge is 0.461 e. The zero-order chi connectivity index (χ0) is 21.5. The molecule has 4 aromatic rings. The fourth-order valence-electron chi connectivity index (χ4n) is 4.28. The van der Waals surface area contributed by atoms with Crippen molar-refractivity contribution in [1.29, 1.82) is 0 Å². The molecule has 160 valence electrons. The Bertz CT molecular complexity index is 1230. The number of furan rings is 1. The minimum absolute atomic E-state index is 0.0143. The van der Waals surface area contributed by atoms with Gasteiger partial charge in [0.25, 0.3) is 5.78 Å². The van der Waals surface area contributed by atoms with Crippen molar-refractivity contribution in [1.82, 2.24) is 24.9 Å². The van der Waals surface area contributed by atoms with Gasteiger partial charge in [0.15, 0.2) is 5.76 Å². The average Bonchev–Trinajstić information content (AvgIpc) is 3.51. The molecule has 0 amide bonds. The van der Waals surface area contributed by atoms with E-state index in [1.807, 2.05) is 0 Å². The van der Waals surface area contributed by atoms with Crippen molar-refractivity contribution in [3.8, 4) is 11.6 Å². The monoisotopic (exact) mass is 425 g/mol. The van der Waals surface area contributed by atoms with Crippen molar-refractivity contribution in [2.45, 2.75) is 31.2 Å². The maximum absolute atomic E-state index is 14.4. The first-order chi connectivity index (χ1) is 15.0. The van der Waals surface area contributed by atoms with E-state index in [0.29, 0.717) is 17.1 Å². The predicted molar refractivity (Wildman–Crippen MR) is 111 cm³/mol. The number of anilines is 2. The zero-order valence-corrected chi connectivity index (χ0v) is 16.6. The van der Waals surface area contributed by atoms with Crippen molar-refractivity contribution in [3.63, 3.8) is 0 Å². The number of nitrogens with two attached hydrogens (primary N) is 2. The fraction of sp³-hybridized carbons (Fsp3) is 0.286. The second-order valence-electron chi connectivity index (χ2n) is 7.67. The highest BCUT2D eigenvalue weighted by molar-refractivity contribution is 5.63. The molecule has 5 N–H and O–H groups in total. The van der Waals surface area contributed by atoms with E-state index >= 15 is 0 Å². The third-order valence-corrected chi connectivity index (χ3v) is 5.73. The van der Waals surface area contributed by atoms with E-state index in [9.17, 15) is 8.78 Å². The van der Waals surface area contributed by atoms with Crippen LogP contribution in [0.1, 0.15) is 29.9 Å². The van der Waals surface area contributed by atoms with Crippen molar-refractivity contribution in [3.05, 3.63) is 59.4 Å². The molecule has 10 heteroatoms. The minimum Gasteiger partial charge on any atom is -0.461 e. The van der Waals surface area contributed by atoms with Crippen LogP contribution in [-0.2, 0) is 6.42 Å². The average molecular weight is 425 g/mol. The number of hydrogen-bond acceptors (Lipinski definition) is 7. The third-order valence-electron chi connectivity index (χ3n) is 5.73. The number of nitrogen functional groups attached to an aromatic ring is 2. The summed E-state index contributed by atoms with van der Waals surface area (Å²) in [5, 5.41) is 7.84. The van der Waals surface area contributed by atoms with Gasteiger partial charge in [-0.25, -0.2) is 8.78 Å². The summed E-state index contributed by atoms with van der Waals surface area (Å²) in [5.74, 6) is 0.197. The van der Waals surface area contributed by atoms with Gasteiger partial charge in [0.1, 0.15) is 23.3 Å². The fourth-order valence-corrected chi connectivity index (χ4v) is 4.28. The quantitative estimate of drug-likeness (QED) is 0.450. The number of rotatable bonds is 5. The number of benzene rings is 1. The summed E-state index contributed by atoms with van der Waals surface area (Å²) >= 11 is 0. The van der Waals surface area contributed by atoms with E-state index in [0.717, 1.165) is 31.5 Å². The van der Waals surface area contributed by atoms with Crippen LogP contribution in [0.25, 0.3) is 17.4 Å². The summed E-state index contributed by atoms with van der Waals surface area (Å²) in [5.41, 5.74) is 13.6. The van der Waals surface area contributed by atoms with Crippen molar-refractivity contribution < 1.29 is 13.2 Å². The molecule has 31 heavy (non-hydrogen) atoms. The lowest BCUT2D eigenvalue weighted by atomic mass is 9.85. The van der Waals surface area contributed by atoms with E-state index in [4.69, 9.17) is 15.9 Å². The Morgan fingerprint density at radius 3 is 2.84 bits per heavy atom. The van der Waals surface area contributed by atoms with Crippen molar-refractivity contribution in [2.75, 3.05) is 18.0 Å². The van der Waals surface area contributed by atoms with E-state index in [1.54, 1.807) is 12.1 Å². The summed E-state index contributed by atoms with van der Waals surface area (Å²) in [6, 6.07) is 6.88. The molecule has 1 aromatic carbocycles. The molecule has 0 bridgehead atoms. The smallest absolute Gasteiger partial charge is 0.256 e. The van der Waals surface area contributed by atoms with E-state index < -0.39 is 11.6 Å². The molecule has 1 aliphatic heterocycles. The van der Waals surface area contributed by atoms with Crippen LogP contribution in [0.15, 0.2) is 41.0 Å². The topological polar surface area (TPSA) is 120 Å².